The predicted molar refractivity (Wildman–Crippen MR) is 419 cm³/mol. The van der Waals surface area contributed by atoms with Gasteiger partial charge in [-0.25, -0.2) is 29.9 Å². The van der Waals surface area contributed by atoms with Gasteiger partial charge in [0.1, 0.15) is 22.3 Å². The van der Waals surface area contributed by atoms with Crippen LogP contribution in [0.15, 0.2) is 336 Å². The van der Waals surface area contributed by atoms with Crippen LogP contribution in [0.2, 0.25) is 0 Å². The maximum atomic E-state index is 6.56. The third-order valence-corrected chi connectivity index (χ3v) is 20.5. The molecule has 0 saturated carbocycles. The van der Waals surface area contributed by atoms with Gasteiger partial charge in [-0.2, -0.15) is 0 Å². The highest BCUT2D eigenvalue weighted by molar-refractivity contribution is 6.17. The molecule has 0 bridgehead atoms. The van der Waals surface area contributed by atoms with Crippen LogP contribution in [-0.2, 0) is 5.41 Å². The highest BCUT2D eigenvalue weighted by Gasteiger charge is 2.38. The molecule has 0 atom stereocenters. The Morgan fingerprint density at radius 2 is 0.650 bits per heavy atom. The number of fused-ring (bicyclic) bond motifs is 16. The first-order valence-electron chi connectivity index (χ1n) is 34.7. The average molecular weight is 1320 g/mol. The highest BCUT2D eigenvalue weighted by atomic mass is 16.3. The minimum Gasteiger partial charge on any atom is -0.456 e. The van der Waals surface area contributed by atoms with Crippen LogP contribution < -0.4 is 0 Å². The van der Waals surface area contributed by atoms with Crippen LogP contribution >= 0.6 is 0 Å². The summed E-state index contributed by atoms with van der Waals surface area (Å²) in [5, 5.41) is 9.20. The van der Waals surface area contributed by atoms with Gasteiger partial charge in [-0.15, -0.1) is 0 Å². The second-order valence-electron chi connectivity index (χ2n) is 26.9. The van der Waals surface area contributed by atoms with Crippen molar-refractivity contribution in [2.45, 2.75) is 19.3 Å². The summed E-state index contributed by atoms with van der Waals surface area (Å²) in [6, 6.07) is 114. The molecule has 0 saturated heterocycles. The van der Waals surface area contributed by atoms with E-state index < -0.39 is 0 Å². The predicted octanol–water partition coefficient (Wildman–Crippen LogP) is 23.7. The van der Waals surface area contributed by atoms with E-state index in [9.17, 15) is 0 Å². The summed E-state index contributed by atoms with van der Waals surface area (Å²) in [6.45, 7) is 4.73. The van der Waals surface area contributed by atoms with Crippen LogP contribution in [0.5, 0.6) is 0 Å². The fraction of sp³-hybridized carbons (Fsp3) is 0.0323. The van der Waals surface area contributed by atoms with Crippen molar-refractivity contribution in [2.24, 2.45) is 0 Å². The van der Waals surface area contributed by atoms with E-state index in [1.807, 2.05) is 127 Å². The molecule has 0 unspecified atom stereocenters. The van der Waals surface area contributed by atoms with Crippen LogP contribution in [0, 0.1) is 0 Å². The summed E-state index contributed by atoms with van der Waals surface area (Å²) in [5.41, 5.74) is 23.4. The molecule has 0 aliphatic heterocycles. The van der Waals surface area contributed by atoms with Crippen molar-refractivity contribution in [1.29, 1.82) is 0 Å². The Balaban J connectivity index is 0.000000138. The van der Waals surface area contributed by atoms with E-state index in [4.69, 9.17) is 38.7 Å². The van der Waals surface area contributed by atoms with Crippen molar-refractivity contribution >= 4 is 87.5 Å². The Morgan fingerprint density at radius 3 is 1.17 bits per heavy atom. The molecule has 0 fully saturated rings. The fourth-order valence-electron chi connectivity index (χ4n) is 15.7. The first-order valence-corrected chi connectivity index (χ1v) is 34.7. The zero-order valence-electron chi connectivity index (χ0n) is 56.1. The third-order valence-electron chi connectivity index (χ3n) is 20.5. The summed E-state index contributed by atoms with van der Waals surface area (Å²) in [6.07, 6.45) is 0. The molecular formula is C93H60N8O2. The molecule has 484 valence electrons. The van der Waals surface area contributed by atoms with Gasteiger partial charge in [-0.3, -0.25) is 0 Å². The van der Waals surface area contributed by atoms with Crippen molar-refractivity contribution < 1.29 is 8.83 Å². The van der Waals surface area contributed by atoms with Gasteiger partial charge < -0.3 is 18.0 Å². The summed E-state index contributed by atoms with van der Waals surface area (Å²) in [7, 11) is 0. The van der Waals surface area contributed by atoms with Gasteiger partial charge in [-0.1, -0.05) is 263 Å². The van der Waals surface area contributed by atoms with E-state index in [2.05, 4.69) is 223 Å². The van der Waals surface area contributed by atoms with E-state index in [0.29, 0.717) is 34.9 Å². The lowest BCUT2D eigenvalue weighted by atomic mass is 9.81. The zero-order valence-corrected chi connectivity index (χ0v) is 56.1. The molecule has 6 heterocycles. The maximum absolute atomic E-state index is 6.56. The SMILES string of the molecule is CC1(C)c2ccccc2-c2ccc3c4ccccc4n(-c4ccc5oc6cc(-c7nc(-c8ccccc8)nc(-c8ccccc8)n7)ccc6c5c4)c3c21.c1ccc(-c2nc(-c3ccccc3)nc(-c3ccc4c(c3)oc3ccc(-n5c6ccccc6c6c(-c7ccccc7)cccc65)cc34)n2)cc1. The molecule has 1 aliphatic carbocycles. The lowest BCUT2D eigenvalue weighted by molar-refractivity contribution is 0.663. The Morgan fingerprint density at radius 1 is 0.252 bits per heavy atom. The van der Waals surface area contributed by atoms with Crippen molar-refractivity contribution in [3.05, 3.63) is 339 Å². The van der Waals surface area contributed by atoms with Crippen LogP contribution in [-0.4, -0.2) is 39.0 Å². The fourth-order valence-corrected chi connectivity index (χ4v) is 15.7. The van der Waals surface area contributed by atoms with Crippen molar-refractivity contribution in [2.75, 3.05) is 0 Å². The summed E-state index contributed by atoms with van der Waals surface area (Å²) >= 11 is 0. The molecule has 0 N–H and O–H groups in total. The molecule has 0 radical (unpaired) electrons. The molecular weight excluding hydrogens is 1260 g/mol. The maximum Gasteiger partial charge on any atom is 0.164 e. The average Bonchev–Trinajstić information content (AvgIpc) is 1.53. The number of para-hydroxylation sites is 2. The Hall–Kier alpha value is -13.7. The quantitative estimate of drug-likeness (QED) is 0.140. The Labute approximate surface area is 591 Å². The number of hydrogen-bond acceptors (Lipinski definition) is 8. The smallest absolute Gasteiger partial charge is 0.164 e. The Kier molecular flexibility index (Phi) is 13.7. The van der Waals surface area contributed by atoms with E-state index in [1.54, 1.807) is 0 Å². The van der Waals surface area contributed by atoms with Gasteiger partial charge in [0.05, 0.1) is 22.1 Å². The third kappa shape index (κ3) is 9.86. The second-order valence-corrected chi connectivity index (χ2v) is 26.9. The van der Waals surface area contributed by atoms with Gasteiger partial charge in [0.15, 0.2) is 34.9 Å². The molecule has 6 aromatic heterocycles. The normalized spacial score (nSPS) is 12.4. The number of benzene rings is 14. The first kappa shape index (κ1) is 59.4. The van der Waals surface area contributed by atoms with Gasteiger partial charge in [0.2, 0.25) is 0 Å². The number of furan rings is 2. The summed E-state index contributed by atoms with van der Waals surface area (Å²) < 4.78 is 17.9. The van der Waals surface area contributed by atoms with E-state index in [0.717, 1.165) is 88.6 Å². The van der Waals surface area contributed by atoms with Gasteiger partial charge in [-0.05, 0) is 112 Å². The van der Waals surface area contributed by atoms with Gasteiger partial charge in [0.25, 0.3) is 0 Å². The molecule has 21 rings (SSSR count). The first-order chi connectivity index (χ1) is 50.8. The van der Waals surface area contributed by atoms with E-state index in [-0.39, 0.29) is 5.41 Å². The zero-order chi connectivity index (χ0) is 68.3. The largest absolute Gasteiger partial charge is 0.456 e. The molecule has 14 aromatic carbocycles. The minimum absolute atomic E-state index is 0.157. The van der Waals surface area contributed by atoms with Crippen LogP contribution in [0.3, 0.4) is 0 Å². The van der Waals surface area contributed by atoms with Crippen LogP contribution in [0.4, 0.5) is 0 Å². The molecule has 1 aliphatic rings. The van der Waals surface area contributed by atoms with Gasteiger partial charge >= 0.3 is 0 Å². The van der Waals surface area contributed by atoms with Crippen LogP contribution in [0.1, 0.15) is 25.0 Å². The van der Waals surface area contributed by atoms with Gasteiger partial charge in [0, 0.05) is 93.3 Å². The molecule has 0 amide bonds. The number of nitrogens with zero attached hydrogens (tertiary/aromatic N) is 8. The number of hydrogen-bond donors (Lipinski definition) is 0. The molecule has 103 heavy (non-hydrogen) atoms. The topological polar surface area (TPSA) is 113 Å². The summed E-state index contributed by atoms with van der Waals surface area (Å²) in [5.74, 6) is 3.72. The molecule has 0 spiro atoms. The van der Waals surface area contributed by atoms with Crippen LogP contribution in [0.25, 0.3) is 189 Å². The monoisotopic (exact) mass is 1320 g/mol. The van der Waals surface area contributed by atoms with Crippen molar-refractivity contribution in [3.8, 4) is 102 Å². The van der Waals surface area contributed by atoms with Crippen molar-refractivity contribution in [1.82, 2.24) is 39.0 Å². The number of aromatic nitrogens is 8. The Bertz CT molecular complexity index is 6640. The second kappa shape index (κ2) is 23.8. The molecule has 20 aromatic rings. The minimum atomic E-state index is -0.157. The van der Waals surface area contributed by atoms with E-state index >= 15 is 0 Å². The lowest BCUT2D eigenvalue weighted by Crippen LogP contribution is -2.16. The molecule has 10 nitrogen and oxygen atoms in total. The van der Waals surface area contributed by atoms with E-state index in [1.165, 1.54) is 77.0 Å². The standard InChI is InChI=1S/C48H32N4O.C45H28N4O/c1-48(2)39-19-11-9-17-33(39)36-24-25-37-34-18-10-12-20-40(34)52(44(37)43(36)48)32-22-26-41-38(28-32)35-23-21-31(27-42(35)53-41)47-50-45(29-13-5-3-6-14-29)49-46(51-47)30-15-7-4-8-16-30;1-4-13-29(14-5-1)34-20-12-22-39-42(34)36-19-10-11-21-38(36)49(39)33-24-26-40-37(28-33)35-25-23-32(27-41(35)50-40)45-47-43(30-15-6-2-7-16-30)46-44(48-45)31-17-8-3-9-18-31/h3-28H,1-2H3;1-28H. The lowest BCUT2D eigenvalue weighted by Gasteiger charge is -2.23. The van der Waals surface area contributed by atoms with Crippen molar-refractivity contribution in [3.63, 3.8) is 0 Å². The highest BCUT2D eigenvalue weighted by Crippen LogP contribution is 2.53. The molecule has 10 heteroatoms. The number of rotatable bonds is 9. The summed E-state index contributed by atoms with van der Waals surface area (Å²) in [4.78, 5) is 29.5.